The fraction of sp³-hybridized carbons (Fsp3) is 0.440. The van der Waals surface area contributed by atoms with E-state index >= 15 is 0 Å². The van der Waals surface area contributed by atoms with E-state index in [1.807, 2.05) is 6.92 Å². The quantitative estimate of drug-likeness (QED) is 0.374. The second-order valence-electron chi connectivity index (χ2n) is 9.40. The number of fused-ring (bicyclic) bond motifs is 3. The van der Waals surface area contributed by atoms with Gasteiger partial charge in [0.05, 0.1) is 22.2 Å². The largest absolute Gasteiger partial charge is 0.461 e. The van der Waals surface area contributed by atoms with Gasteiger partial charge in [-0.25, -0.2) is 18.4 Å². The summed E-state index contributed by atoms with van der Waals surface area (Å²) < 4.78 is 32.4. The van der Waals surface area contributed by atoms with Crippen molar-refractivity contribution in [3.8, 4) is 0 Å². The van der Waals surface area contributed by atoms with Crippen LogP contribution in [0.1, 0.15) is 61.0 Å². The molecule has 1 aliphatic rings. The van der Waals surface area contributed by atoms with Crippen LogP contribution in [0.3, 0.4) is 0 Å². The van der Waals surface area contributed by atoms with Crippen molar-refractivity contribution in [1.29, 1.82) is 0 Å². The van der Waals surface area contributed by atoms with E-state index < -0.39 is 15.8 Å². The maximum atomic E-state index is 12.6. The summed E-state index contributed by atoms with van der Waals surface area (Å²) in [6, 6.07) is 5.48. The Morgan fingerprint density at radius 1 is 1.17 bits per heavy atom. The number of anilines is 1. The zero-order chi connectivity index (χ0) is 25.7. The van der Waals surface area contributed by atoms with Crippen LogP contribution in [0.2, 0.25) is 0 Å². The molecule has 0 saturated carbocycles. The molecule has 0 spiro atoms. The second kappa shape index (κ2) is 9.07. The topological polar surface area (TPSA) is 111 Å². The van der Waals surface area contributed by atoms with Gasteiger partial charge in [0.25, 0.3) is 0 Å². The molecule has 0 saturated heterocycles. The number of benzene rings is 1. The molecule has 10 heteroatoms. The zero-order valence-electron chi connectivity index (χ0n) is 20.8. The Bertz CT molecular complexity index is 1440. The van der Waals surface area contributed by atoms with Crippen molar-refractivity contribution in [2.24, 2.45) is 5.92 Å². The number of ether oxygens (including phenoxy) is 1. The number of aromatic nitrogens is 3. The number of hydrogen-bond acceptors (Lipinski definition) is 8. The minimum Gasteiger partial charge on any atom is -0.461 e. The first-order valence-electron chi connectivity index (χ1n) is 11.5. The van der Waals surface area contributed by atoms with Crippen LogP contribution < -0.4 is 4.90 Å². The normalized spacial score (nSPS) is 16.0. The van der Waals surface area contributed by atoms with Crippen LogP contribution in [-0.4, -0.2) is 47.5 Å². The maximum Gasteiger partial charge on any atom is 0.302 e. The Morgan fingerprint density at radius 2 is 1.89 bits per heavy atom. The van der Waals surface area contributed by atoms with Gasteiger partial charge in [-0.2, -0.15) is 0 Å². The third-order valence-corrected chi connectivity index (χ3v) is 7.56. The molecule has 1 unspecified atom stereocenters. The molecule has 2 aromatic heterocycles. The number of sulfone groups is 1. The minimum atomic E-state index is -3.54. The lowest BCUT2D eigenvalue weighted by Crippen LogP contribution is -2.41. The Kier molecular flexibility index (Phi) is 6.44. The Hall–Kier alpha value is -3.27. The van der Waals surface area contributed by atoms with Gasteiger partial charge in [0, 0.05) is 54.6 Å². The number of ketones is 1. The first-order valence-corrected chi connectivity index (χ1v) is 13.4. The van der Waals surface area contributed by atoms with Gasteiger partial charge in [-0.1, -0.05) is 13.8 Å². The number of rotatable bonds is 6. The van der Waals surface area contributed by atoms with Gasteiger partial charge in [-0.05, 0) is 38.0 Å². The highest BCUT2D eigenvalue weighted by atomic mass is 32.2. The van der Waals surface area contributed by atoms with Gasteiger partial charge in [0.15, 0.2) is 15.6 Å². The molecule has 9 nitrogen and oxygen atoms in total. The summed E-state index contributed by atoms with van der Waals surface area (Å²) >= 11 is 0. The van der Waals surface area contributed by atoms with Crippen LogP contribution in [0.5, 0.6) is 0 Å². The molecule has 4 rings (SSSR count). The van der Waals surface area contributed by atoms with E-state index in [0.29, 0.717) is 35.9 Å². The van der Waals surface area contributed by atoms with Gasteiger partial charge in [-0.3, -0.25) is 9.59 Å². The number of carbonyl (C=O) groups is 2. The van der Waals surface area contributed by atoms with Crippen LogP contribution in [0.25, 0.3) is 10.9 Å². The molecule has 186 valence electrons. The number of aryl methyl sites for hydroxylation is 1. The average Bonchev–Trinajstić information content (AvgIpc) is 3.12. The maximum absolute atomic E-state index is 12.6. The highest BCUT2D eigenvalue weighted by Gasteiger charge is 2.34. The summed E-state index contributed by atoms with van der Waals surface area (Å²) in [5.74, 6) is 0.224. The van der Waals surface area contributed by atoms with E-state index in [0.717, 1.165) is 22.9 Å². The third-order valence-electron chi connectivity index (χ3n) is 6.38. The van der Waals surface area contributed by atoms with E-state index in [1.54, 1.807) is 18.3 Å². The summed E-state index contributed by atoms with van der Waals surface area (Å²) in [5, 5.41) is 0.881. The molecule has 1 aliphatic heterocycles. The molecular weight excluding hydrogens is 468 g/mol. The summed E-state index contributed by atoms with van der Waals surface area (Å²) in [5.41, 5.74) is 3.46. The van der Waals surface area contributed by atoms with Crippen LogP contribution in [0, 0.1) is 12.8 Å². The van der Waals surface area contributed by atoms with E-state index in [4.69, 9.17) is 4.74 Å². The summed E-state index contributed by atoms with van der Waals surface area (Å²) in [4.78, 5) is 34.6. The van der Waals surface area contributed by atoms with Gasteiger partial charge in [-0.15, -0.1) is 0 Å². The molecule has 0 amide bonds. The van der Waals surface area contributed by atoms with Crippen LogP contribution in [-0.2, 0) is 32.5 Å². The van der Waals surface area contributed by atoms with Crippen molar-refractivity contribution in [2.75, 3.05) is 17.7 Å². The Morgan fingerprint density at radius 3 is 2.46 bits per heavy atom. The lowest BCUT2D eigenvalue weighted by molar-refractivity contribution is -0.142. The molecule has 0 N–H and O–H groups in total. The monoisotopic (exact) mass is 498 g/mol. The van der Waals surface area contributed by atoms with Crippen molar-refractivity contribution in [2.45, 2.75) is 58.7 Å². The van der Waals surface area contributed by atoms with Gasteiger partial charge < -0.3 is 14.2 Å². The molecule has 3 heterocycles. The molecular formula is C25H30N4O5S. The standard InChI is InChI=1S/C25H30N4O5S/c1-14(2)24-22-10-18-9-19(13-34-17(5)31)23(35(6,32)33)11-21(18)28(22)7-8-29(24)25-26-12-20(16(4)30)15(3)27-25/h9-12,14,24H,7-8,13H2,1-6H3. The number of carbonyl (C=O) groups excluding carboxylic acids is 2. The van der Waals surface area contributed by atoms with E-state index in [2.05, 4.69) is 39.3 Å². The molecule has 1 atom stereocenters. The van der Waals surface area contributed by atoms with Crippen molar-refractivity contribution in [3.05, 3.63) is 46.9 Å². The number of nitrogens with zero attached hydrogens (tertiary/aromatic N) is 4. The second-order valence-corrected chi connectivity index (χ2v) is 11.4. The number of hydrogen-bond donors (Lipinski definition) is 0. The van der Waals surface area contributed by atoms with E-state index in [-0.39, 0.29) is 29.2 Å². The number of esters is 1. The molecule has 35 heavy (non-hydrogen) atoms. The SMILES string of the molecule is CC(=O)OCc1cc2cc3n(c2cc1S(C)(=O)=O)CCN(c1ncc(C(C)=O)c(C)n1)C3C(C)C. The average molecular weight is 499 g/mol. The van der Waals surface area contributed by atoms with Gasteiger partial charge in [0.2, 0.25) is 5.95 Å². The lowest BCUT2D eigenvalue weighted by Gasteiger charge is -2.39. The van der Waals surface area contributed by atoms with E-state index in [1.165, 1.54) is 13.8 Å². The first kappa shape index (κ1) is 24.8. The summed E-state index contributed by atoms with van der Waals surface area (Å²) in [6.45, 7) is 9.99. The van der Waals surface area contributed by atoms with Crippen molar-refractivity contribution < 1.29 is 22.7 Å². The van der Waals surface area contributed by atoms with Crippen LogP contribution in [0.15, 0.2) is 29.3 Å². The van der Waals surface area contributed by atoms with E-state index in [9.17, 15) is 18.0 Å². The Balaban J connectivity index is 1.84. The predicted octanol–water partition coefficient (Wildman–Crippen LogP) is 3.63. The van der Waals surface area contributed by atoms with Crippen LogP contribution in [0.4, 0.5) is 5.95 Å². The molecule has 0 radical (unpaired) electrons. The lowest BCUT2D eigenvalue weighted by atomic mass is 9.97. The summed E-state index contributed by atoms with van der Waals surface area (Å²) in [6.07, 6.45) is 2.75. The molecule has 3 aromatic rings. The molecule has 0 fully saturated rings. The minimum absolute atomic E-state index is 0.0580. The summed E-state index contributed by atoms with van der Waals surface area (Å²) in [7, 11) is -3.54. The first-order chi connectivity index (χ1) is 16.4. The zero-order valence-corrected chi connectivity index (χ0v) is 21.6. The van der Waals surface area contributed by atoms with Gasteiger partial charge in [0.1, 0.15) is 6.61 Å². The van der Waals surface area contributed by atoms with Gasteiger partial charge >= 0.3 is 5.97 Å². The van der Waals surface area contributed by atoms with Crippen molar-refractivity contribution in [1.82, 2.24) is 14.5 Å². The predicted molar refractivity (Wildman–Crippen MR) is 132 cm³/mol. The smallest absolute Gasteiger partial charge is 0.302 e. The number of Topliss-reactive ketones (excluding diaryl/α,β-unsaturated/α-hetero) is 1. The molecule has 0 bridgehead atoms. The molecule has 0 aliphatic carbocycles. The fourth-order valence-electron chi connectivity index (χ4n) is 4.86. The highest BCUT2D eigenvalue weighted by molar-refractivity contribution is 7.90. The van der Waals surface area contributed by atoms with Crippen molar-refractivity contribution >= 4 is 38.4 Å². The fourth-order valence-corrected chi connectivity index (χ4v) is 5.78. The Labute approximate surface area is 205 Å². The third kappa shape index (κ3) is 4.67. The van der Waals surface area contributed by atoms with Crippen molar-refractivity contribution in [3.63, 3.8) is 0 Å². The molecule has 1 aromatic carbocycles. The van der Waals surface area contributed by atoms with Crippen LogP contribution >= 0.6 is 0 Å². The highest BCUT2D eigenvalue weighted by Crippen LogP contribution is 2.39.